The third-order valence-electron chi connectivity index (χ3n) is 15.4. The molecule has 0 aliphatic heterocycles. The summed E-state index contributed by atoms with van der Waals surface area (Å²) >= 11 is 0. The molecule has 0 heterocycles. The van der Waals surface area contributed by atoms with Crippen LogP contribution >= 0.6 is 0 Å². The molecule has 0 radical (unpaired) electrons. The fourth-order valence-electron chi connectivity index (χ4n) is 12.1. The lowest BCUT2D eigenvalue weighted by Gasteiger charge is -2.35. The van der Waals surface area contributed by atoms with Crippen LogP contribution in [-0.4, -0.2) is 8.07 Å². The summed E-state index contributed by atoms with van der Waals surface area (Å²) in [4.78, 5) is 0. The Bertz CT molecular complexity index is 3790. The highest BCUT2D eigenvalue weighted by Crippen LogP contribution is 2.50. The molecule has 0 aromatic heterocycles. The fourth-order valence-corrected chi connectivity index (χ4v) is 16.9. The molecular formula is C69H50Si. The molecule has 0 unspecified atom stereocenters. The van der Waals surface area contributed by atoms with E-state index in [1.54, 1.807) is 0 Å². The number of hydrogen-bond acceptors (Lipinski definition) is 0. The Hall–Kier alpha value is -8.36. The zero-order valence-electron chi connectivity index (χ0n) is 39.4. The van der Waals surface area contributed by atoms with Gasteiger partial charge in [0.25, 0.3) is 0 Å². The molecule has 1 heteroatoms. The molecule has 0 atom stereocenters. The van der Waals surface area contributed by atoms with Crippen molar-refractivity contribution >= 4 is 61.1 Å². The van der Waals surface area contributed by atoms with Gasteiger partial charge in [-0.15, -0.1) is 0 Å². The summed E-state index contributed by atoms with van der Waals surface area (Å²) in [7, 11) is -2.69. The Morgan fingerprint density at radius 2 is 0.686 bits per heavy atom. The van der Waals surface area contributed by atoms with Gasteiger partial charge in [-0.3, -0.25) is 0 Å². The smallest absolute Gasteiger partial charge is 0.0623 e. The Balaban J connectivity index is 0.895. The molecule has 1 aliphatic rings. The van der Waals surface area contributed by atoms with Gasteiger partial charge in [0.05, 0.1) is 0 Å². The third-order valence-corrected chi connectivity index (χ3v) is 20.2. The number of benzene rings is 12. The summed E-state index contributed by atoms with van der Waals surface area (Å²) in [6, 6.07) is 100. The minimum Gasteiger partial charge on any atom is -0.0623 e. The molecule has 12 aromatic rings. The van der Waals surface area contributed by atoms with Crippen LogP contribution in [0.3, 0.4) is 0 Å². The van der Waals surface area contributed by atoms with E-state index in [2.05, 4.69) is 281 Å². The van der Waals surface area contributed by atoms with Gasteiger partial charge in [-0.25, -0.2) is 0 Å². The van der Waals surface area contributed by atoms with Crippen molar-refractivity contribution in [3.05, 3.63) is 278 Å². The largest absolute Gasteiger partial charge is 0.179 e. The standard InChI is InChI=1S/C69H50Si/c1-69(2)65-45-51(40-42-58(65)59-43-41-56(46-66(59)69)70(53-22-6-3-7-23-53,54-24-8-4-9-25-54)55-26-10-5-11-27-55)48-34-37-49(38-35-48)67-61-30-16-18-32-63(61)68(64-33-19-17-31-62(64)67)60-29-15-14-28-57(60)52-39-36-47-20-12-13-21-50(47)44-52/h3-46H,1-2H3. The minimum absolute atomic E-state index is 0.201. The van der Waals surface area contributed by atoms with E-state index in [0.717, 1.165) is 0 Å². The highest BCUT2D eigenvalue weighted by atomic mass is 28.3. The molecular weight excluding hydrogens is 857 g/mol. The SMILES string of the molecule is CC1(C)c2cc(-c3ccc(-c4c5ccccc5c(-c5ccccc5-c5ccc6ccccc6c5)c5ccccc45)cc3)ccc2-c2ccc([Si](c3ccccc3)(c3ccccc3)c3ccccc3)cc21. The maximum atomic E-state index is 2.57. The van der Waals surface area contributed by atoms with Crippen LogP contribution < -0.4 is 20.7 Å². The zero-order valence-corrected chi connectivity index (χ0v) is 40.4. The molecule has 12 aromatic carbocycles. The molecule has 0 fully saturated rings. The second-order valence-corrected chi connectivity index (χ2v) is 23.3. The second kappa shape index (κ2) is 16.7. The number of rotatable bonds is 8. The van der Waals surface area contributed by atoms with Crippen molar-refractivity contribution < 1.29 is 0 Å². The first kappa shape index (κ1) is 41.8. The molecule has 0 amide bonds. The van der Waals surface area contributed by atoms with Gasteiger partial charge in [0.15, 0.2) is 8.07 Å². The van der Waals surface area contributed by atoms with E-state index in [-0.39, 0.29) is 5.41 Å². The summed E-state index contributed by atoms with van der Waals surface area (Å²) in [5.74, 6) is 0. The van der Waals surface area contributed by atoms with Gasteiger partial charge in [-0.1, -0.05) is 269 Å². The predicted octanol–water partition coefficient (Wildman–Crippen LogP) is 15.5. The molecule has 13 rings (SSSR count). The minimum atomic E-state index is -2.69. The molecule has 0 saturated carbocycles. The number of hydrogen-bond donors (Lipinski definition) is 0. The maximum Gasteiger partial charge on any atom is 0.179 e. The van der Waals surface area contributed by atoms with Gasteiger partial charge in [-0.2, -0.15) is 0 Å². The number of fused-ring (bicyclic) bond motifs is 6. The molecule has 0 spiro atoms. The van der Waals surface area contributed by atoms with Crippen LogP contribution in [0.25, 0.3) is 88.0 Å². The average Bonchev–Trinajstić information content (AvgIpc) is 3.65. The van der Waals surface area contributed by atoms with Crippen LogP contribution in [0.1, 0.15) is 25.0 Å². The summed E-state index contributed by atoms with van der Waals surface area (Å²) in [5, 5.41) is 13.1. The van der Waals surface area contributed by atoms with Crippen molar-refractivity contribution in [3.63, 3.8) is 0 Å². The molecule has 1 aliphatic carbocycles. The van der Waals surface area contributed by atoms with Gasteiger partial charge in [0, 0.05) is 5.41 Å². The van der Waals surface area contributed by atoms with Gasteiger partial charge < -0.3 is 0 Å². The normalized spacial score (nSPS) is 12.8. The lowest BCUT2D eigenvalue weighted by molar-refractivity contribution is 0.661. The Morgan fingerprint density at radius 1 is 0.257 bits per heavy atom. The van der Waals surface area contributed by atoms with E-state index in [9.17, 15) is 0 Å². The first-order chi connectivity index (χ1) is 34.5. The first-order valence-corrected chi connectivity index (χ1v) is 26.6. The van der Waals surface area contributed by atoms with Crippen molar-refractivity contribution in [1.82, 2.24) is 0 Å². The third kappa shape index (κ3) is 6.57. The van der Waals surface area contributed by atoms with Crippen molar-refractivity contribution in [1.29, 1.82) is 0 Å². The topological polar surface area (TPSA) is 0 Å². The van der Waals surface area contributed by atoms with Gasteiger partial charge in [-0.05, 0) is 132 Å². The van der Waals surface area contributed by atoms with Crippen molar-refractivity contribution in [3.8, 4) is 55.6 Å². The lowest BCUT2D eigenvalue weighted by atomic mass is 9.81. The van der Waals surface area contributed by atoms with E-state index in [0.29, 0.717) is 0 Å². The van der Waals surface area contributed by atoms with Gasteiger partial charge in [0.1, 0.15) is 0 Å². The summed E-state index contributed by atoms with van der Waals surface area (Å²) < 4.78 is 0. The lowest BCUT2D eigenvalue weighted by Crippen LogP contribution is -2.74. The van der Waals surface area contributed by atoms with E-state index in [1.807, 2.05) is 0 Å². The van der Waals surface area contributed by atoms with Crippen molar-refractivity contribution in [2.24, 2.45) is 0 Å². The summed E-state index contributed by atoms with van der Waals surface area (Å²) in [5.41, 5.74) is 15.2. The van der Waals surface area contributed by atoms with Crippen LogP contribution in [0.2, 0.25) is 0 Å². The molecule has 0 nitrogen and oxygen atoms in total. The molecule has 330 valence electrons. The van der Waals surface area contributed by atoms with Gasteiger partial charge in [0.2, 0.25) is 0 Å². The monoisotopic (exact) mass is 906 g/mol. The highest BCUT2D eigenvalue weighted by Gasteiger charge is 2.44. The van der Waals surface area contributed by atoms with Crippen molar-refractivity contribution in [2.45, 2.75) is 19.3 Å². The maximum absolute atomic E-state index is 2.69. The van der Waals surface area contributed by atoms with E-state index >= 15 is 0 Å². The van der Waals surface area contributed by atoms with Crippen LogP contribution in [0.15, 0.2) is 267 Å². The van der Waals surface area contributed by atoms with Gasteiger partial charge >= 0.3 is 0 Å². The first-order valence-electron chi connectivity index (χ1n) is 24.6. The Labute approximate surface area is 411 Å². The van der Waals surface area contributed by atoms with Crippen LogP contribution in [0, 0.1) is 0 Å². The van der Waals surface area contributed by atoms with Crippen LogP contribution in [-0.2, 0) is 5.41 Å². The summed E-state index contributed by atoms with van der Waals surface area (Å²) in [6.45, 7) is 4.84. The quantitative estimate of drug-likeness (QED) is 0.0810. The van der Waals surface area contributed by atoms with Crippen LogP contribution in [0.5, 0.6) is 0 Å². The second-order valence-electron chi connectivity index (χ2n) is 19.5. The Morgan fingerprint density at radius 3 is 1.27 bits per heavy atom. The molecule has 0 N–H and O–H groups in total. The predicted molar refractivity (Wildman–Crippen MR) is 302 cm³/mol. The average molecular weight is 907 g/mol. The fraction of sp³-hybridized carbons (Fsp3) is 0.0435. The van der Waals surface area contributed by atoms with E-state index in [4.69, 9.17) is 0 Å². The van der Waals surface area contributed by atoms with Crippen LogP contribution in [0.4, 0.5) is 0 Å². The molecule has 0 saturated heterocycles. The summed E-state index contributed by atoms with van der Waals surface area (Å²) in [6.07, 6.45) is 0. The van der Waals surface area contributed by atoms with E-state index in [1.165, 1.54) is 120 Å². The van der Waals surface area contributed by atoms with E-state index < -0.39 is 8.07 Å². The Kier molecular flexibility index (Phi) is 9.97. The van der Waals surface area contributed by atoms with Crippen molar-refractivity contribution in [2.75, 3.05) is 0 Å². The molecule has 70 heavy (non-hydrogen) atoms. The highest BCUT2D eigenvalue weighted by molar-refractivity contribution is 7.19. The molecule has 0 bridgehead atoms. The zero-order chi connectivity index (χ0) is 46.8.